The van der Waals surface area contributed by atoms with Gasteiger partial charge in [0.05, 0.1) is 21.4 Å². The van der Waals surface area contributed by atoms with Crippen molar-refractivity contribution in [1.29, 1.82) is 0 Å². The van der Waals surface area contributed by atoms with Crippen molar-refractivity contribution >= 4 is 22.7 Å². The van der Waals surface area contributed by atoms with E-state index in [2.05, 4.69) is 25.5 Å². The van der Waals surface area contributed by atoms with Crippen LogP contribution >= 0.6 is 22.7 Å². The molecule has 3 aromatic heterocycles. The van der Waals surface area contributed by atoms with Crippen LogP contribution in [0.1, 0.15) is 15.7 Å². The van der Waals surface area contributed by atoms with Gasteiger partial charge >= 0.3 is 0 Å². The standard InChI is InChI=1S/C17H14N4OS2/c1-9-15(24-11(3)18-9)17-20-16(21-22-17)13-6-4-5-12(7-13)14-8-23-10(2)19-14/h4-8H,1-3H3. The number of aromatic nitrogens is 4. The highest BCUT2D eigenvalue weighted by Gasteiger charge is 2.16. The van der Waals surface area contributed by atoms with E-state index in [0.717, 1.165) is 37.4 Å². The monoisotopic (exact) mass is 354 g/mol. The molecule has 0 saturated carbocycles. The van der Waals surface area contributed by atoms with Gasteiger partial charge in [0.1, 0.15) is 4.88 Å². The molecule has 5 nitrogen and oxygen atoms in total. The van der Waals surface area contributed by atoms with Crippen molar-refractivity contribution in [3.8, 4) is 33.4 Å². The van der Waals surface area contributed by atoms with Gasteiger partial charge in [-0.15, -0.1) is 22.7 Å². The lowest BCUT2D eigenvalue weighted by Crippen LogP contribution is -1.84. The van der Waals surface area contributed by atoms with Gasteiger partial charge in [-0.1, -0.05) is 23.4 Å². The van der Waals surface area contributed by atoms with Crippen LogP contribution in [0.3, 0.4) is 0 Å². The number of nitrogens with zero attached hydrogens (tertiary/aromatic N) is 4. The third-order valence-electron chi connectivity index (χ3n) is 3.56. The maximum absolute atomic E-state index is 5.44. The Bertz CT molecular complexity index is 1020. The summed E-state index contributed by atoms with van der Waals surface area (Å²) in [6.45, 7) is 5.93. The fourth-order valence-corrected chi connectivity index (χ4v) is 3.94. The molecule has 0 fully saturated rings. The van der Waals surface area contributed by atoms with E-state index in [1.807, 2.05) is 45.0 Å². The van der Waals surface area contributed by atoms with E-state index in [9.17, 15) is 0 Å². The fourth-order valence-electron chi connectivity index (χ4n) is 2.48. The average Bonchev–Trinajstić information content (AvgIpc) is 3.27. The molecule has 4 rings (SSSR count). The minimum absolute atomic E-state index is 0.517. The van der Waals surface area contributed by atoms with Gasteiger partial charge in [0.2, 0.25) is 5.82 Å². The van der Waals surface area contributed by atoms with E-state index in [-0.39, 0.29) is 0 Å². The number of hydrogen-bond donors (Lipinski definition) is 0. The van der Waals surface area contributed by atoms with Crippen molar-refractivity contribution < 1.29 is 4.52 Å². The largest absolute Gasteiger partial charge is 0.333 e. The molecule has 0 amide bonds. The Morgan fingerprint density at radius 2 is 1.79 bits per heavy atom. The molecule has 0 atom stereocenters. The zero-order valence-corrected chi connectivity index (χ0v) is 15.0. The lowest BCUT2D eigenvalue weighted by Gasteiger charge is -1.99. The zero-order chi connectivity index (χ0) is 16.7. The summed E-state index contributed by atoms with van der Waals surface area (Å²) in [4.78, 5) is 14.4. The topological polar surface area (TPSA) is 64.7 Å². The Labute approximate surface area is 147 Å². The van der Waals surface area contributed by atoms with Gasteiger partial charge in [-0.25, -0.2) is 9.97 Å². The molecule has 0 bridgehead atoms. The van der Waals surface area contributed by atoms with Crippen molar-refractivity contribution in [2.45, 2.75) is 20.8 Å². The number of hydrogen-bond acceptors (Lipinski definition) is 7. The molecule has 1 aromatic carbocycles. The van der Waals surface area contributed by atoms with E-state index in [1.165, 1.54) is 0 Å². The second-order valence-corrected chi connectivity index (χ2v) is 7.67. The van der Waals surface area contributed by atoms with Gasteiger partial charge in [0, 0.05) is 16.5 Å². The van der Waals surface area contributed by atoms with Crippen LogP contribution in [-0.2, 0) is 0 Å². The summed E-state index contributed by atoms with van der Waals surface area (Å²) in [6, 6.07) is 8.03. The summed E-state index contributed by atoms with van der Waals surface area (Å²) in [5.41, 5.74) is 3.84. The van der Waals surface area contributed by atoms with E-state index >= 15 is 0 Å². The van der Waals surface area contributed by atoms with Crippen molar-refractivity contribution in [1.82, 2.24) is 20.1 Å². The van der Waals surface area contributed by atoms with Gasteiger partial charge in [0.15, 0.2) is 0 Å². The maximum Gasteiger partial charge on any atom is 0.270 e. The van der Waals surface area contributed by atoms with Crippen LogP contribution in [-0.4, -0.2) is 20.1 Å². The molecule has 0 saturated heterocycles. The van der Waals surface area contributed by atoms with Crippen LogP contribution in [0.5, 0.6) is 0 Å². The lowest BCUT2D eigenvalue weighted by molar-refractivity contribution is 0.433. The molecule has 0 spiro atoms. The summed E-state index contributed by atoms with van der Waals surface area (Å²) < 4.78 is 5.44. The van der Waals surface area contributed by atoms with Gasteiger partial charge < -0.3 is 4.52 Å². The quantitative estimate of drug-likeness (QED) is 0.523. The number of aryl methyl sites for hydroxylation is 3. The van der Waals surface area contributed by atoms with Crippen molar-refractivity contribution in [2.75, 3.05) is 0 Å². The SMILES string of the molecule is Cc1nc(-c2cccc(-c3noc(-c4sc(C)nc4C)n3)c2)cs1. The summed E-state index contributed by atoms with van der Waals surface area (Å²) in [5, 5.41) is 8.22. The Morgan fingerprint density at radius 1 is 0.958 bits per heavy atom. The molecule has 0 radical (unpaired) electrons. The Balaban J connectivity index is 1.71. The number of thiazole rings is 2. The van der Waals surface area contributed by atoms with Crippen molar-refractivity contribution in [3.63, 3.8) is 0 Å². The van der Waals surface area contributed by atoms with E-state index < -0.39 is 0 Å². The van der Waals surface area contributed by atoms with Crippen LogP contribution < -0.4 is 0 Å². The lowest BCUT2D eigenvalue weighted by atomic mass is 10.1. The number of rotatable bonds is 3. The molecule has 0 unspecified atom stereocenters. The molecule has 24 heavy (non-hydrogen) atoms. The van der Waals surface area contributed by atoms with E-state index in [1.54, 1.807) is 22.7 Å². The molecule has 0 aliphatic carbocycles. The minimum Gasteiger partial charge on any atom is -0.333 e. The Kier molecular flexibility index (Phi) is 3.74. The highest BCUT2D eigenvalue weighted by Crippen LogP contribution is 2.31. The highest BCUT2D eigenvalue weighted by atomic mass is 32.1. The summed E-state index contributed by atoms with van der Waals surface area (Å²) in [7, 11) is 0. The molecular formula is C17H14N4OS2. The highest BCUT2D eigenvalue weighted by molar-refractivity contribution is 7.15. The van der Waals surface area contributed by atoms with Gasteiger partial charge in [-0.05, 0) is 26.8 Å². The third-order valence-corrected chi connectivity index (χ3v) is 5.39. The molecule has 0 aliphatic heterocycles. The molecule has 7 heteroatoms. The van der Waals surface area contributed by atoms with Crippen LogP contribution in [0.15, 0.2) is 34.2 Å². The maximum atomic E-state index is 5.44. The van der Waals surface area contributed by atoms with E-state index in [4.69, 9.17) is 4.52 Å². The summed E-state index contributed by atoms with van der Waals surface area (Å²) in [5.74, 6) is 1.09. The van der Waals surface area contributed by atoms with Crippen LogP contribution in [0.25, 0.3) is 33.4 Å². The van der Waals surface area contributed by atoms with E-state index in [0.29, 0.717) is 11.7 Å². The van der Waals surface area contributed by atoms with Crippen molar-refractivity contribution in [3.05, 3.63) is 45.4 Å². The molecule has 0 N–H and O–H groups in total. The first-order chi connectivity index (χ1) is 11.6. The zero-order valence-electron chi connectivity index (χ0n) is 13.4. The van der Waals surface area contributed by atoms with Gasteiger partial charge in [-0.2, -0.15) is 4.98 Å². The predicted molar refractivity (Wildman–Crippen MR) is 96.2 cm³/mol. The van der Waals surface area contributed by atoms with Gasteiger partial charge in [-0.3, -0.25) is 0 Å². The first-order valence-corrected chi connectivity index (χ1v) is 9.11. The molecule has 120 valence electrons. The predicted octanol–water partition coefficient (Wildman–Crippen LogP) is 4.91. The van der Waals surface area contributed by atoms with Gasteiger partial charge in [0.25, 0.3) is 5.89 Å². The van der Waals surface area contributed by atoms with Crippen LogP contribution in [0, 0.1) is 20.8 Å². The van der Waals surface area contributed by atoms with Crippen LogP contribution in [0.4, 0.5) is 0 Å². The molecular weight excluding hydrogens is 340 g/mol. The summed E-state index contributed by atoms with van der Waals surface area (Å²) >= 11 is 3.20. The first kappa shape index (κ1) is 15.2. The molecule has 3 heterocycles. The Hall–Kier alpha value is -2.38. The minimum atomic E-state index is 0.517. The molecule has 4 aromatic rings. The average molecular weight is 354 g/mol. The smallest absolute Gasteiger partial charge is 0.270 e. The van der Waals surface area contributed by atoms with Crippen LogP contribution in [0.2, 0.25) is 0 Å². The first-order valence-electron chi connectivity index (χ1n) is 7.41. The normalized spacial score (nSPS) is 11.1. The van der Waals surface area contributed by atoms with Crippen molar-refractivity contribution in [2.24, 2.45) is 0 Å². The third kappa shape index (κ3) is 2.76. The second kappa shape index (κ2) is 5.92. The Morgan fingerprint density at radius 3 is 2.50 bits per heavy atom. The fraction of sp³-hybridized carbons (Fsp3) is 0.176. The summed E-state index contributed by atoms with van der Waals surface area (Å²) in [6.07, 6.45) is 0. The molecule has 0 aliphatic rings. The second-order valence-electron chi connectivity index (χ2n) is 5.40. The number of benzene rings is 1.